The first-order valence-electron chi connectivity index (χ1n) is 5.24. The topological polar surface area (TPSA) is 44.8 Å². The number of carbonyl (C=O) groups is 1. The zero-order valence-corrected chi connectivity index (χ0v) is 10.3. The van der Waals surface area contributed by atoms with Crippen LogP contribution in [-0.2, 0) is 19.0 Å². The fraction of sp³-hybridized carbons (Fsp3) is 0.900. The molecule has 0 bridgehead atoms. The molecule has 0 aromatic heterocycles. The Labute approximate surface area is 102 Å². The van der Waals surface area contributed by atoms with E-state index in [-0.39, 0.29) is 12.8 Å². The van der Waals surface area contributed by atoms with Crippen LogP contribution in [0.25, 0.3) is 0 Å². The Hall–Kier alpha value is -0.890. The van der Waals surface area contributed by atoms with Crippen LogP contribution < -0.4 is 0 Å². The molecule has 108 valence electrons. The van der Waals surface area contributed by atoms with Gasteiger partial charge in [0.05, 0.1) is 12.7 Å². The summed E-state index contributed by atoms with van der Waals surface area (Å²) in [5.74, 6) is -0.500. The van der Waals surface area contributed by atoms with E-state index >= 15 is 0 Å². The molecule has 1 atom stereocenters. The van der Waals surface area contributed by atoms with E-state index in [0.717, 1.165) is 0 Å². The van der Waals surface area contributed by atoms with Crippen molar-refractivity contribution >= 4 is 5.97 Å². The van der Waals surface area contributed by atoms with Gasteiger partial charge in [-0.1, -0.05) is 0 Å². The van der Waals surface area contributed by atoms with Gasteiger partial charge in [-0.15, -0.1) is 0 Å². The van der Waals surface area contributed by atoms with Gasteiger partial charge in [0.25, 0.3) is 0 Å². The van der Waals surface area contributed by atoms with E-state index in [1.54, 1.807) is 6.92 Å². The smallest absolute Gasteiger partial charge is 0.448 e. The third-order valence-corrected chi connectivity index (χ3v) is 2.00. The Morgan fingerprint density at radius 2 is 1.78 bits per heavy atom. The van der Waals surface area contributed by atoms with Crippen molar-refractivity contribution in [2.45, 2.75) is 45.0 Å². The molecule has 0 saturated heterocycles. The SMILES string of the molecule is COC(F)(F)C(F)(F)OCCCC(C)OC(C)=O. The summed E-state index contributed by atoms with van der Waals surface area (Å²) in [5, 5.41) is 0. The molecule has 0 aliphatic carbocycles. The highest BCUT2D eigenvalue weighted by Gasteiger charge is 2.59. The number of esters is 1. The minimum absolute atomic E-state index is 0.0455. The summed E-state index contributed by atoms with van der Waals surface area (Å²) in [5.41, 5.74) is 0. The Bertz CT molecular complexity index is 271. The average Bonchev–Trinajstić information content (AvgIpc) is 2.23. The fourth-order valence-corrected chi connectivity index (χ4v) is 1.12. The molecular weight excluding hydrogens is 260 g/mol. The summed E-state index contributed by atoms with van der Waals surface area (Å²) in [6, 6.07) is 0. The first kappa shape index (κ1) is 17.1. The highest BCUT2D eigenvalue weighted by Crippen LogP contribution is 2.35. The molecule has 0 spiro atoms. The Kier molecular flexibility index (Phi) is 6.55. The van der Waals surface area contributed by atoms with E-state index in [0.29, 0.717) is 7.11 Å². The van der Waals surface area contributed by atoms with Gasteiger partial charge in [0.15, 0.2) is 0 Å². The largest absolute Gasteiger partial charge is 0.463 e. The second kappa shape index (κ2) is 6.89. The number of rotatable bonds is 8. The van der Waals surface area contributed by atoms with Crippen LogP contribution in [0.15, 0.2) is 0 Å². The average molecular weight is 276 g/mol. The Morgan fingerprint density at radius 1 is 1.22 bits per heavy atom. The summed E-state index contributed by atoms with van der Waals surface area (Å²) in [4.78, 5) is 10.5. The van der Waals surface area contributed by atoms with Gasteiger partial charge in [0.2, 0.25) is 0 Å². The lowest BCUT2D eigenvalue weighted by Gasteiger charge is -2.24. The van der Waals surface area contributed by atoms with Gasteiger partial charge in [-0.05, 0) is 19.8 Å². The van der Waals surface area contributed by atoms with E-state index in [1.165, 1.54) is 6.92 Å². The number of methoxy groups -OCH3 is 1. The van der Waals surface area contributed by atoms with Crippen LogP contribution in [0.3, 0.4) is 0 Å². The third-order valence-electron chi connectivity index (χ3n) is 2.00. The number of hydrogen-bond donors (Lipinski definition) is 0. The van der Waals surface area contributed by atoms with Crippen molar-refractivity contribution in [1.82, 2.24) is 0 Å². The summed E-state index contributed by atoms with van der Waals surface area (Å²) in [6.07, 6.45) is -9.57. The monoisotopic (exact) mass is 276 g/mol. The second-order valence-electron chi connectivity index (χ2n) is 3.65. The first-order valence-corrected chi connectivity index (χ1v) is 5.24. The molecule has 0 radical (unpaired) electrons. The standard InChI is InChI=1S/C10H16F4O4/c1-7(18-8(2)15)5-4-6-17-10(13,14)9(11,12)16-3/h7H,4-6H2,1-3H3. The first-order chi connectivity index (χ1) is 8.12. The second-order valence-corrected chi connectivity index (χ2v) is 3.65. The summed E-state index contributed by atoms with van der Waals surface area (Å²) in [7, 11) is 0.458. The van der Waals surface area contributed by atoms with Crippen LogP contribution in [0.4, 0.5) is 17.6 Å². The third kappa shape index (κ3) is 5.63. The molecule has 0 fully saturated rings. The van der Waals surface area contributed by atoms with Crippen molar-refractivity contribution < 1.29 is 36.6 Å². The maximum absolute atomic E-state index is 12.8. The summed E-state index contributed by atoms with van der Waals surface area (Å²) in [6.45, 7) is 2.17. The molecule has 1 unspecified atom stereocenters. The molecule has 0 aromatic carbocycles. The van der Waals surface area contributed by atoms with E-state index in [4.69, 9.17) is 4.74 Å². The molecule has 0 aromatic rings. The van der Waals surface area contributed by atoms with E-state index in [9.17, 15) is 22.4 Å². The quantitative estimate of drug-likeness (QED) is 0.388. The van der Waals surface area contributed by atoms with Crippen molar-refractivity contribution in [2.75, 3.05) is 13.7 Å². The number of hydrogen-bond acceptors (Lipinski definition) is 4. The van der Waals surface area contributed by atoms with Crippen LogP contribution in [0.1, 0.15) is 26.7 Å². The molecule has 0 amide bonds. The fourth-order valence-electron chi connectivity index (χ4n) is 1.12. The lowest BCUT2D eigenvalue weighted by atomic mass is 10.2. The van der Waals surface area contributed by atoms with E-state index in [2.05, 4.69) is 9.47 Å². The number of alkyl halides is 4. The number of carbonyl (C=O) groups excluding carboxylic acids is 1. The Morgan fingerprint density at radius 3 is 2.22 bits per heavy atom. The van der Waals surface area contributed by atoms with Gasteiger partial charge in [-0.25, -0.2) is 0 Å². The number of halogens is 4. The van der Waals surface area contributed by atoms with Gasteiger partial charge < -0.3 is 14.2 Å². The molecule has 4 nitrogen and oxygen atoms in total. The van der Waals surface area contributed by atoms with Gasteiger partial charge in [-0.3, -0.25) is 4.79 Å². The predicted octanol–water partition coefficient (Wildman–Crippen LogP) is 2.57. The molecule has 0 aliphatic rings. The zero-order chi connectivity index (χ0) is 14.4. The molecule has 0 heterocycles. The van der Waals surface area contributed by atoms with Crippen molar-refractivity contribution in [3.63, 3.8) is 0 Å². The van der Waals surface area contributed by atoms with Crippen LogP contribution in [0.5, 0.6) is 0 Å². The van der Waals surface area contributed by atoms with Crippen LogP contribution in [0.2, 0.25) is 0 Å². The molecule has 0 aliphatic heterocycles. The van der Waals surface area contributed by atoms with E-state index in [1.807, 2.05) is 0 Å². The van der Waals surface area contributed by atoms with Crippen molar-refractivity contribution in [3.05, 3.63) is 0 Å². The van der Waals surface area contributed by atoms with E-state index < -0.39 is 30.9 Å². The molecule has 18 heavy (non-hydrogen) atoms. The highest BCUT2D eigenvalue weighted by atomic mass is 19.3. The van der Waals surface area contributed by atoms with Gasteiger partial charge in [-0.2, -0.15) is 17.6 Å². The predicted molar refractivity (Wildman–Crippen MR) is 53.3 cm³/mol. The summed E-state index contributed by atoms with van der Waals surface area (Å²) >= 11 is 0. The highest BCUT2D eigenvalue weighted by molar-refractivity contribution is 5.66. The van der Waals surface area contributed by atoms with Crippen molar-refractivity contribution in [3.8, 4) is 0 Å². The normalized spacial score (nSPS) is 14.4. The number of ether oxygens (including phenoxy) is 3. The molecule has 0 saturated carbocycles. The summed E-state index contributed by atoms with van der Waals surface area (Å²) < 4.78 is 62.4. The van der Waals surface area contributed by atoms with Gasteiger partial charge >= 0.3 is 18.2 Å². The molecule has 0 rings (SSSR count). The molecule has 0 N–H and O–H groups in total. The maximum Gasteiger partial charge on any atom is 0.448 e. The van der Waals surface area contributed by atoms with Crippen LogP contribution in [-0.4, -0.2) is 38.0 Å². The lowest BCUT2D eigenvalue weighted by molar-refractivity contribution is -0.424. The van der Waals surface area contributed by atoms with Crippen molar-refractivity contribution in [2.24, 2.45) is 0 Å². The van der Waals surface area contributed by atoms with Crippen LogP contribution >= 0.6 is 0 Å². The zero-order valence-electron chi connectivity index (χ0n) is 10.3. The lowest BCUT2D eigenvalue weighted by Crippen LogP contribution is -2.44. The van der Waals surface area contributed by atoms with Gasteiger partial charge in [0, 0.05) is 14.0 Å². The minimum atomic E-state index is -4.69. The maximum atomic E-state index is 12.8. The minimum Gasteiger partial charge on any atom is -0.463 e. The molecule has 8 heteroatoms. The van der Waals surface area contributed by atoms with Gasteiger partial charge in [0.1, 0.15) is 0 Å². The molecular formula is C10H16F4O4. The van der Waals surface area contributed by atoms with Crippen molar-refractivity contribution in [1.29, 1.82) is 0 Å². The van der Waals surface area contributed by atoms with Crippen LogP contribution in [0, 0.1) is 0 Å². The Balaban J connectivity index is 3.94.